The maximum absolute atomic E-state index is 11.1. The lowest BCUT2D eigenvalue weighted by atomic mass is 10.5. The van der Waals surface area contributed by atoms with Crippen molar-refractivity contribution in [2.24, 2.45) is 0 Å². The number of imidazole rings is 1. The number of aromatic amines is 1. The van der Waals surface area contributed by atoms with Crippen LogP contribution in [0.2, 0.25) is 0 Å². The van der Waals surface area contributed by atoms with E-state index in [9.17, 15) is 4.79 Å². The van der Waals surface area contributed by atoms with Crippen LogP contribution in [0.3, 0.4) is 0 Å². The fraction of sp³-hybridized carbons (Fsp3) is 0.125. The number of thiazole rings is 1. The van der Waals surface area contributed by atoms with Crippen LogP contribution in [0.5, 0.6) is 0 Å². The molecular formula is C8H7N3O2S. The molecule has 0 saturated heterocycles. The van der Waals surface area contributed by atoms with Gasteiger partial charge in [-0.15, -0.1) is 11.3 Å². The van der Waals surface area contributed by atoms with Crippen LogP contribution >= 0.6 is 11.3 Å². The van der Waals surface area contributed by atoms with Crippen molar-refractivity contribution in [2.75, 3.05) is 7.11 Å². The summed E-state index contributed by atoms with van der Waals surface area (Å²) in [4.78, 5) is 22.1. The van der Waals surface area contributed by atoms with Gasteiger partial charge >= 0.3 is 5.97 Å². The molecule has 0 radical (unpaired) electrons. The Bertz CT molecular complexity index is 435. The Morgan fingerprint density at radius 1 is 1.64 bits per heavy atom. The first-order valence-corrected chi connectivity index (χ1v) is 4.73. The molecule has 0 amide bonds. The number of hydrogen-bond acceptors (Lipinski definition) is 5. The second-order valence-electron chi connectivity index (χ2n) is 2.47. The Hall–Kier alpha value is -1.69. The molecule has 2 aromatic heterocycles. The number of nitrogens with one attached hydrogen (secondary N) is 1. The molecule has 0 aromatic carbocycles. The minimum atomic E-state index is -0.431. The Morgan fingerprint density at radius 2 is 2.50 bits per heavy atom. The van der Waals surface area contributed by atoms with E-state index < -0.39 is 5.97 Å². The van der Waals surface area contributed by atoms with Crippen LogP contribution in [0.1, 0.15) is 10.5 Å². The molecule has 5 nitrogen and oxygen atoms in total. The zero-order valence-electron chi connectivity index (χ0n) is 7.35. The molecule has 1 N–H and O–H groups in total. The summed E-state index contributed by atoms with van der Waals surface area (Å²) in [5.74, 6) is 0.226. The van der Waals surface area contributed by atoms with E-state index in [-0.39, 0.29) is 0 Å². The summed E-state index contributed by atoms with van der Waals surface area (Å²) in [5.41, 5.74) is 0.309. The van der Waals surface area contributed by atoms with Crippen LogP contribution in [0.25, 0.3) is 10.8 Å². The zero-order chi connectivity index (χ0) is 9.97. The molecule has 0 aliphatic rings. The van der Waals surface area contributed by atoms with E-state index in [1.807, 2.05) is 0 Å². The summed E-state index contributed by atoms with van der Waals surface area (Å²) in [7, 11) is 1.33. The average molecular weight is 209 g/mol. The summed E-state index contributed by atoms with van der Waals surface area (Å²) in [5, 5.41) is 2.32. The van der Waals surface area contributed by atoms with E-state index in [1.54, 1.807) is 17.8 Å². The van der Waals surface area contributed by atoms with Gasteiger partial charge in [0.05, 0.1) is 7.11 Å². The molecule has 2 heterocycles. The molecule has 0 fully saturated rings. The van der Waals surface area contributed by atoms with Crippen molar-refractivity contribution in [3.05, 3.63) is 23.5 Å². The topological polar surface area (TPSA) is 67.9 Å². The van der Waals surface area contributed by atoms with Gasteiger partial charge in [0.25, 0.3) is 0 Å². The highest BCUT2D eigenvalue weighted by molar-refractivity contribution is 7.13. The smallest absolute Gasteiger partial charge is 0.357 e. The molecule has 0 atom stereocenters. The molecule has 6 heteroatoms. The van der Waals surface area contributed by atoms with Gasteiger partial charge in [0, 0.05) is 17.8 Å². The third-order valence-electron chi connectivity index (χ3n) is 1.60. The van der Waals surface area contributed by atoms with Gasteiger partial charge in [-0.25, -0.2) is 14.8 Å². The quantitative estimate of drug-likeness (QED) is 0.757. The number of carbonyl (C=O) groups is 1. The summed E-state index contributed by atoms with van der Waals surface area (Å²) in [6.07, 6.45) is 3.34. The first-order chi connectivity index (χ1) is 6.81. The zero-order valence-corrected chi connectivity index (χ0v) is 8.17. The lowest BCUT2D eigenvalue weighted by molar-refractivity contribution is 0.0595. The minimum absolute atomic E-state index is 0.309. The van der Waals surface area contributed by atoms with Crippen LogP contribution in [-0.4, -0.2) is 28.0 Å². The maximum Gasteiger partial charge on any atom is 0.357 e. The third-order valence-corrected chi connectivity index (χ3v) is 2.45. The van der Waals surface area contributed by atoms with Gasteiger partial charge in [0.2, 0.25) is 0 Å². The van der Waals surface area contributed by atoms with E-state index in [4.69, 9.17) is 0 Å². The molecule has 0 aliphatic carbocycles. The van der Waals surface area contributed by atoms with Gasteiger partial charge < -0.3 is 9.72 Å². The number of H-pyrrole nitrogens is 1. The van der Waals surface area contributed by atoms with Crippen molar-refractivity contribution in [3.8, 4) is 10.8 Å². The monoisotopic (exact) mass is 209 g/mol. The number of esters is 1. The molecule has 14 heavy (non-hydrogen) atoms. The molecular weight excluding hydrogens is 202 g/mol. The van der Waals surface area contributed by atoms with Crippen LogP contribution < -0.4 is 0 Å². The summed E-state index contributed by atoms with van der Waals surface area (Å²) < 4.78 is 4.54. The van der Waals surface area contributed by atoms with E-state index in [1.165, 1.54) is 18.4 Å². The predicted octanol–water partition coefficient (Wildman–Crippen LogP) is 1.32. The fourth-order valence-electron chi connectivity index (χ4n) is 0.963. The van der Waals surface area contributed by atoms with Gasteiger partial charge in [-0.3, -0.25) is 0 Å². The second kappa shape index (κ2) is 3.59. The molecule has 2 rings (SSSR count). The molecule has 0 saturated carbocycles. The van der Waals surface area contributed by atoms with E-state index in [0.29, 0.717) is 16.5 Å². The Labute approximate surface area is 83.8 Å². The summed E-state index contributed by atoms with van der Waals surface area (Å²) >= 11 is 1.35. The maximum atomic E-state index is 11.1. The molecule has 0 spiro atoms. The highest BCUT2D eigenvalue weighted by atomic mass is 32.1. The van der Waals surface area contributed by atoms with Gasteiger partial charge in [-0.05, 0) is 0 Å². The third kappa shape index (κ3) is 1.51. The van der Waals surface area contributed by atoms with Crippen molar-refractivity contribution in [3.63, 3.8) is 0 Å². The largest absolute Gasteiger partial charge is 0.464 e. The highest BCUT2D eigenvalue weighted by Crippen LogP contribution is 2.19. The SMILES string of the molecule is COC(=O)c1csc(-c2ncc[nH]2)n1. The lowest BCUT2D eigenvalue weighted by Gasteiger charge is -1.91. The average Bonchev–Trinajstić information content (AvgIpc) is 2.86. The Morgan fingerprint density at radius 3 is 3.14 bits per heavy atom. The normalized spacial score (nSPS) is 10.1. The molecule has 0 aliphatic heterocycles. The van der Waals surface area contributed by atoms with E-state index in [2.05, 4.69) is 19.7 Å². The van der Waals surface area contributed by atoms with Gasteiger partial charge in [0.1, 0.15) is 0 Å². The Balaban J connectivity index is 2.31. The van der Waals surface area contributed by atoms with Crippen LogP contribution in [0, 0.1) is 0 Å². The van der Waals surface area contributed by atoms with Crippen molar-refractivity contribution < 1.29 is 9.53 Å². The van der Waals surface area contributed by atoms with E-state index in [0.717, 1.165) is 0 Å². The highest BCUT2D eigenvalue weighted by Gasteiger charge is 2.12. The van der Waals surface area contributed by atoms with Crippen molar-refractivity contribution in [2.45, 2.75) is 0 Å². The molecule has 0 bridgehead atoms. The summed E-state index contributed by atoms with van der Waals surface area (Å²) in [6.45, 7) is 0. The predicted molar refractivity (Wildman–Crippen MR) is 51.0 cm³/mol. The van der Waals surface area contributed by atoms with Crippen LogP contribution in [0.4, 0.5) is 0 Å². The second-order valence-corrected chi connectivity index (χ2v) is 3.33. The first kappa shape index (κ1) is 8.89. The standard InChI is InChI=1S/C8H7N3O2S/c1-13-8(12)5-4-14-7(11-5)6-9-2-3-10-6/h2-4H,1H3,(H,9,10). The number of aromatic nitrogens is 3. The molecule has 2 aromatic rings. The number of hydrogen-bond donors (Lipinski definition) is 1. The Kier molecular flexibility index (Phi) is 2.28. The van der Waals surface area contributed by atoms with Gasteiger partial charge in [0.15, 0.2) is 16.5 Å². The number of carbonyl (C=O) groups excluding carboxylic acids is 1. The fourth-order valence-corrected chi connectivity index (χ4v) is 1.71. The van der Waals surface area contributed by atoms with Gasteiger partial charge in [-0.2, -0.15) is 0 Å². The molecule has 0 unspecified atom stereocenters. The van der Waals surface area contributed by atoms with Crippen molar-refractivity contribution in [1.82, 2.24) is 15.0 Å². The lowest BCUT2D eigenvalue weighted by Crippen LogP contribution is -2.01. The minimum Gasteiger partial charge on any atom is -0.464 e. The van der Waals surface area contributed by atoms with E-state index >= 15 is 0 Å². The van der Waals surface area contributed by atoms with Crippen LogP contribution in [-0.2, 0) is 4.74 Å². The number of rotatable bonds is 2. The molecule has 72 valence electrons. The van der Waals surface area contributed by atoms with Crippen molar-refractivity contribution >= 4 is 17.3 Å². The number of ether oxygens (including phenoxy) is 1. The summed E-state index contributed by atoms with van der Waals surface area (Å²) in [6, 6.07) is 0. The first-order valence-electron chi connectivity index (χ1n) is 3.85. The van der Waals surface area contributed by atoms with Crippen LogP contribution in [0.15, 0.2) is 17.8 Å². The number of nitrogens with zero attached hydrogens (tertiary/aromatic N) is 2. The van der Waals surface area contributed by atoms with Crippen molar-refractivity contribution in [1.29, 1.82) is 0 Å². The van der Waals surface area contributed by atoms with Gasteiger partial charge in [-0.1, -0.05) is 0 Å². The number of methoxy groups -OCH3 is 1.